The van der Waals surface area contributed by atoms with Gasteiger partial charge in [0.15, 0.2) is 0 Å². The predicted molar refractivity (Wildman–Crippen MR) is 90.6 cm³/mol. The third-order valence-electron chi connectivity index (χ3n) is 7.93. The average molecular weight is 322 g/mol. The lowest BCUT2D eigenvalue weighted by Gasteiger charge is -2.54. The van der Waals surface area contributed by atoms with Crippen molar-refractivity contribution in [3.05, 3.63) is 42.5 Å². The number of ether oxygens (including phenoxy) is 1. The highest BCUT2D eigenvalue weighted by molar-refractivity contribution is 6.07. The van der Waals surface area contributed by atoms with E-state index in [2.05, 4.69) is 42.1 Å². The number of likely N-dealkylation sites (tertiary alicyclic amines) is 1. The molecule has 1 amide bonds. The van der Waals surface area contributed by atoms with Crippen LogP contribution in [0.25, 0.3) is 0 Å². The maximum absolute atomic E-state index is 13.4. The summed E-state index contributed by atoms with van der Waals surface area (Å²) in [4.78, 5) is 15.9. The van der Waals surface area contributed by atoms with Crippen molar-refractivity contribution in [2.24, 2.45) is 23.2 Å². The molecule has 2 saturated carbocycles. The number of fused-ring (bicyclic) bond motifs is 5. The van der Waals surface area contributed by atoms with Crippen molar-refractivity contribution < 1.29 is 9.53 Å². The Kier molecular flexibility index (Phi) is 2.24. The van der Waals surface area contributed by atoms with Gasteiger partial charge in [-0.3, -0.25) is 4.79 Å². The molecule has 4 nitrogen and oxygen atoms in total. The standard InChI is InChI=1S/C20H22N2O2/c1-3-19-10-22(2)16-11-9-24-15(8-13(11)19)20(17(16)19)12-6-4-5-7-14(12)21-18(20)23/h3-7,11,13,15-17H,1,8-10H2,2H3,(H,21,23)/t11-,13+,15+,16+,17+,19-,20-/m0/s1. The van der Waals surface area contributed by atoms with Crippen molar-refractivity contribution in [2.75, 3.05) is 25.5 Å². The van der Waals surface area contributed by atoms with Crippen LogP contribution in [0.2, 0.25) is 0 Å². The van der Waals surface area contributed by atoms with Crippen molar-refractivity contribution in [1.82, 2.24) is 4.90 Å². The number of carbonyl (C=O) groups excluding carboxylic acids is 1. The van der Waals surface area contributed by atoms with Crippen LogP contribution in [-0.4, -0.2) is 43.2 Å². The number of nitrogens with one attached hydrogen (secondary N) is 1. The van der Waals surface area contributed by atoms with E-state index >= 15 is 0 Å². The number of anilines is 1. The lowest BCUT2D eigenvalue weighted by Crippen LogP contribution is -2.62. The average Bonchev–Trinajstić information content (AvgIpc) is 3.08. The SMILES string of the molecule is C=C[C@]12CN(C)[C@@H]3[C@H]4CO[C@H](C[C@H]41)[C@]1(C(=O)Nc4ccccc41)[C@H]32. The molecule has 1 aromatic carbocycles. The maximum Gasteiger partial charge on any atom is 0.238 e. The van der Waals surface area contributed by atoms with Crippen LogP contribution in [0, 0.1) is 23.2 Å². The molecular formula is C20H22N2O2. The Bertz CT molecular complexity index is 792. The molecule has 3 aliphatic heterocycles. The Morgan fingerprint density at radius 1 is 1.42 bits per heavy atom. The molecule has 6 rings (SSSR count). The second kappa shape index (κ2) is 3.94. The van der Waals surface area contributed by atoms with Crippen LogP contribution < -0.4 is 5.32 Å². The van der Waals surface area contributed by atoms with Crippen LogP contribution in [0.4, 0.5) is 5.69 Å². The van der Waals surface area contributed by atoms with Gasteiger partial charge in [-0.05, 0) is 31.0 Å². The molecule has 0 unspecified atom stereocenters. The molecule has 0 aromatic heterocycles. The lowest BCUT2D eigenvalue weighted by atomic mass is 9.51. The smallest absolute Gasteiger partial charge is 0.238 e. The van der Waals surface area contributed by atoms with Crippen molar-refractivity contribution in [3.8, 4) is 0 Å². The molecule has 4 heteroatoms. The van der Waals surface area contributed by atoms with Gasteiger partial charge < -0.3 is 15.0 Å². The molecule has 1 N–H and O–H groups in total. The van der Waals surface area contributed by atoms with Crippen LogP contribution in [0.1, 0.15) is 12.0 Å². The van der Waals surface area contributed by atoms with E-state index in [4.69, 9.17) is 4.74 Å². The highest BCUT2D eigenvalue weighted by atomic mass is 16.5. The first-order valence-electron chi connectivity index (χ1n) is 9.01. The number of amides is 1. The molecule has 0 radical (unpaired) electrons. The summed E-state index contributed by atoms with van der Waals surface area (Å²) in [5.41, 5.74) is 1.61. The van der Waals surface area contributed by atoms with Crippen LogP contribution in [0.15, 0.2) is 36.9 Å². The van der Waals surface area contributed by atoms with Gasteiger partial charge in [0.25, 0.3) is 0 Å². The Morgan fingerprint density at radius 2 is 2.25 bits per heavy atom. The minimum absolute atomic E-state index is 0.00280. The Labute approximate surface area is 141 Å². The molecule has 24 heavy (non-hydrogen) atoms. The summed E-state index contributed by atoms with van der Waals surface area (Å²) < 4.78 is 6.34. The zero-order valence-electron chi connectivity index (χ0n) is 13.9. The molecule has 1 spiro atoms. The van der Waals surface area contributed by atoms with E-state index < -0.39 is 5.41 Å². The van der Waals surface area contributed by atoms with Gasteiger partial charge in [-0.1, -0.05) is 24.3 Å². The first kappa shape index (κ1) is 13.6. The molecule has 3 heterocycles. The molecule has 5 aliphatic rings. The second-order valence-corrected chi connectivity index (χ2v) is 8.40. The highest BCUT2D eigenvalue weighted by Gasteiger charge is 2.79. The Hall–Kier alpha value is -1.65. The predicted octanol–water partition coefficient (Wildman–Crippen LogP) is 2.03. The largest absolute Gasteiger partial charge is 0.376 e. The molecule has 2 saturated heterocycles. The number of nitrogens with zero attached hydrogens (tertiary/aromatic N) is 1. The molecule has 124 valence electrons. The molecule has 4 fully saturated rings. The summed E-state index contributed by atoms with van der Waals surface area (Å²) in [6, 6.07) is 8.64. The van der Waals surface area contributed by atoms with Crippen LogP contribution in [0.3, 0.4) is 0 Å². The second-order valence-electron chi connectivity index (χ2n) is 8.40. The third-order valence-corrected chi connectivity index (χ3v) is 7.93. The normalized spacial score (nSPS) is 50.4. The van der Waals surface area contributed by atoms with Crippen LogP contribution >= 0.6 is 0 Å². The van der Waals surface area contributed by atoms with Gasteiger partial charge in [0.1, 0.15) is 5.41 Å². The van der Waals surface area contributed by atoms with Gasteiger partial charge in [0, 0.05) is 35.5 Å². The number of rotatable bonds is 1. The number of benzene rings is 1. The minimum atomic E-state index is -0.554. The summed E-state index contributed by atoms with van der Waals surface area (Å²) in [7, 11) is 2.21. The van der Waals surface area contributed by atoms with E-state index in [1.165, 1.54) is 0 Å². The zero-order chi connectivity index (χ0) is 16.3. The quantitative estimate of drug-likeness (QED) is 0.805. The van der Waals surface area contributed by atoms with Crippen LogP contribution in [0.5, 0.6) is 0 Å². The first-order valence-corrected chi connectivity index (χ1v) is 9.01. The van der Waals surface area contributed by atoms with E-state index in [1.54, 1.807) is 0 Å². The number of hydrogen-bond donors (Lipinski definition) is 1. The Morgan fingerprint density at radius 3 is 3.08 bits per heavy atom. The minimum Gasteiger partial charge on any atom is -0.376 e. The molecule has 5 bridgehead atoms. The van der Waals surface area contributed by atoms with Gasteiger partial charge in [0.2, 0.25) is 5.91 Å². The van der Waals surface area contributed by atoms with Gasteiger partial charge in [-0.2, -0.15) is 0 Å². The zero-order valence-corrected chi connectivity index (χ0v) is 13.9. The summed E-state index contributed by atoms with van der Waals surface area (Å²) in [6.07, 6.45) is 3.17. The fourth-order valence-corrected chi connectivity index (χ4v) is 7.38. The summed E-state index contributed by atoms with van der Waals surface area (Å²) in [6.45, 7) is 6.06. The maximum atomic E-state index is 13.4. The molecule has 7 atom stereocenters. The van der Waals surface area contributed by atoms with Crippen molar-refractivity contribution >= 4 is 11.6 Å². The molecule has 2 aliphatic carbocycles. The van der Waals surface area contributed by atoms with Gasteiger partial charge in [0.05, 0.1) is 12.7 Å². The van der Waals surface area contributed by atoms with Crippen molar-refractivity contribution in [1.29, 1.82) is 0 Å². The van der Waals surface area contributed by atoms with E-state index in [1.807, 2.05) is 12.1 Å². The first-order chi connectivity index (χ1) is 11.6. The highest BCUT2D eigenvalue weighted by Crippen LogP contribution is 2.73. The van der Waals surface area contributed by atoms with Gasteiger partial charge in [-0.25, -0.2) is 0 Å². The fraction of sp³-hybridized carbons (Fsp3) is 0.550. The fourth-order valence-electron chi connectivity index (χ4n) is 7.38. The Balaban J connectivity index is 1.69. The van der Waals surface area contributed by atoms with E-state index in [0.29, 0.717) is 17.9 Å². The number of carbonyl (C=O) groups is 1. The molecule has 1 aromatic rings. The van der Waals surface area contributed by atoms with Crippen molar-refractivity contribution in [2.45, 2.75) is 24.0 Å². The topological polar surface area (TPSA) is 41.6 Å². The summed E-state index contributed by atoms with van der Waals surface area (Å²) in [5, 5.41) is 3.18. The summed E-state index contributed by atoms with van der Waals surface area (Å²) in [5.74, 6) is 1.56. The summed E-state index contributed by atoms with van der Waals surface area (Å²) >= 11 is 0. The number of piperidine rings is 1. The number of hydrogen-bond acceptors (Lipinski definition) is 3. The molecular weight excluding hydrogens is 300 g/mol. The van der Waals surface area contributed by atoms with Crippen LogP contribution in [-0.2, 0) is 14.9 Å². The van der Waals surface area contributed by atoms with Gasteiger partial charge >= 0.3 is 0 Å². The van der Waals surface area contributed by atoms with Crippen molar-refractivity contribution in [3.63, 3.8) is 0 Å². The van der Waals surface area contributed by atoms with E-state index in [0.717, 1.165) is 30.8 Å². The number of para-hydroxylation sites is 1. The monoisotopic (exact) mass is 322 g/mol. The van der Waals surface area contributed by atoms with E-state index in [9.17, 15) is 4.79 Å². The van der Waals surface area contributed by atoms with Gasteiger partial charge in [-0.15, -0.1) is 6.58 Å². The third kappa shape index (κ3) is 1.12. The van der Waals surface area contributed by atoms with E-state index in [-0.39, 0.29) is 23.3 Å². The lowest BCUT2D eigenvalue weighted by molar-refractivity contribution is -0.153.